The van der Waals surface area contributed by atoms with Gasteiger partial charge in [0.2, 0.25) is 5.91 Å². The highest BCUT2D eigenvalue weighted by Crippen LogP contribution is 2.26. The van der Waals surface area contributed by atoms with Crippen LogP contribution in [0.2, 0.25) is 0 Å². The third-order valence-electron chi connectivity index (χ3n) is 5.26. The first-order valence-electron chi connectivity index (χ1n) is 8.91. The summed E-state index contributed by atoms with van der Waals surface area (Å²) in [6, 6.07) is 8.89. The van der Waals surface area contributed by atoms with Crippen LogP contribution in [0.1, 0.15) is 44.1 Å². The van der Waals surface area contributed by atoms with Crippen molar-refractivity contribution in [3.05, 3.63) is 29.8 Å². The van der Waals surface area contributed by atoms with Crippen molar-refractivity contribution in [3.63, 3.8) is 0 Å². The van der Waals surface area contributed by atoms with E-state index in [-0.39, 0.29) is 5.91 Å². The Labute approximate surface area is 139 Å². The van der Waals surface area contributed by atoms with Crippen LogP contribution >= 0.6 is 0 Å². The molecule has 126 valence electrons. The monoisotopic (exact) mass is 316 g/mol. The summed E-state index contributed by atoms with van der Waals surface area (Å²) in [4.78, 5) is 14.9. The molecule has 1 aromatic rings. The van der Waals surface area contributed by atoms with E-state index in [0.29, 0.717) is 12.5 Å². The minimum Gasteiger partial charge on any atom is -0.497 e. The van der Waals surface area contributed by atoms with E-state index in [1.54, 1.807) is 7.11 Å². The van der Waals surface area contributed by atoms with Crippen LogP contribution in [0.15, 0.2) is 24.3 Å². The molecule has 0 spiro atoms. The van der Waals surface area contributed by atoms with Crippen molar-refractivity contribution in [2.75, 3.05) is 20.2 Å². The third-order valence-corrected chi connectivity index (χ3v) is 5.26. The van der Waals surface area contributed by atoms with Crippen molar-refractivity contribution in [1.29, 1.82) is 0 Å². The second kappa shape index (κ2) is 7.82. The fourth-order valence-electron chi connectivity index (χ4n) is 3.89. The summed E-state index contributed by atoms with van der Waals surface area (Å²) in [5.41, 5.74) is 1.03. The number of nitrogens with zero attached hydrogens (tertiary/aromatic N) is 1. The van der Waals surface area contributed by atoms with Crippen molar-refractivity contribution in [3.8, 4) is 5.75 Å². The van der Waals surface area contributed by atoms with Gasteiger partial charge in [-0.05, 0) is 43.4 Å². The van der Waals surface area contributed by atoms with E-state index in [9.17, 15) is 4.79 Å². The van der Waals surface area contributed by atoms with Gasteiger partial charge in [-0.1, -0.05) is 25.0 Å². The number of nitrogens with one attached hydrogen (secondary N) is 1. The summed E-state index contributed by atoms with van der Waals surface area (Å²) in [6.45, 7) is 2.27. The zero-order valence-electron chi connectivity index (χ0n) is 14.1. The van der Waals surface area contributed by atoms with E-state index in [4.69, 9.17) is 4.74 Å². The molecule has 4 heteroatoms. The lowest BCUT2D eigenvalue weighted by atomic mass is 10.0. The molecule has 2 fully saturated rings. The zero-order chi connectivity index (χ0) is 16.1. The van der Waals surface area contributed by atoms with E-state index in [1.807, 2.05) is 24.3 Å². The number of ether oxygens (including phenoxy) is 1. The summed E-state index contributed by atoms with van der Waals surface area (Å²) in [5, 5.41) is 3.21. The molecule has 0 unspecified atom stereocenters. The zero-order valence-corrected chi connectivity index (χ0v) is 14.1. The number of hydrogen-bond acceptors (Lipinski definition) is 3. The van der Waals surface area contributed by atoms with E-state index >= 15 is 0 Å². The second-order valence-corrected chi connectivity index (χ2v) is 6.84. The fourth-order valence-corrected chi connectivity index (χ4v) is 3.89. The van der Waals surface area contributed by atoms with Gasteiger partial charge in [-0.3, -0.25) is 4.79 Å². The Kier molecular flexibility index (Phi) is 5.55. The fraction of sp³-hybridized carbons (Fsp3) is 0.632. The van der Waals surface area contributed by atoms with Gasteiger partial charge in [0, 0.05) is 25.2 Å². The van der Waals surface area contributed by atoms with E-state index in [2.05, 4.69) is 10.2 Å². The summed E-state index contributed by atoms with van der Waals surface area (Å²) in [5.74, 6) is 0.961. The third kappa shape index (κ3) is 4.47. The maximum absolute atomic E-state index is 12.2. The first kappa shape index (κ1) is 16.3. The topological polar surface area (TPSA) is 41.6 Å². The molecule has 1 aliphatic carbocycles. The Morgan fingerprint density at radius 3 is 2.39 bits per heavy atom. The van der Waals surface area contributed by atoms with Gasteiger partial charge in [0.15, 0.2) is 0 Å². The molecule has 1 aromatic carbocycles. The first-order valence-corrected chi connectivity index (χ1v) is 8.91. The van der Waals surface area contributed by atoms with Crippen LogP contribution in [0.4, 0.5) is 0 Å². The van der Waals surface area contributed by atoms with E-state index in [1.165, 1.54) is 25.7 Å². The number of methoxy groups -OCH3 is 1. The Morgan fingerprint density at radius 2 is 1.78 bits per heavy atom. The molecular formula is C19H28N2O2. The van der Waals surface area contributed by atoms with Crippen LogP contribution < -0.4 is 10.1 Å². The highest BCUT2D eigenvalue weighted by Gasteiger charge is 2.27. The van der Waals surface area contributed by atoms with Crippen molar-refractivity contribution in [1.82, 2.24) is 10.2 Å². The van der Waals surface area contributed by atoms with Gasteiger partial charge in [-0.25, -0.2) is 0 Å². The SMILES string of the molecule is COc1ccc(CC(=O)NC2CCN(C3CCCC3)CC2)cc1. The number of benzene rings is 1. The lowest BCUT2D eigenvalue weighted by Gasteiger charge is -2.36. The van der Waals surface area contributed by atoms with Crippen LogP contribution in [-0.2, 0) is 11.2 Å². The average Bonchev–Trinajstić information content (AvgIpc) is 3.11. The lowest BCUT2D eigenvalue weighted by molar-refractivity contribution is -0.121. The van der Waals surface area contributed by atoms with Crippen LogP contribution in [0, 0.1) is 0 Å². The number of hydrogen-bond donors (Lipinski definition) is 1. The van der Waals surface area contributed by atoms with Crippen molar-refractivity contribution < 1.29 is 9.53 Å². The Bertz CT molecular complexity index is 501. The molecule has 0 radical (unpaired) electrons. The average molecular weight is 316 g/mol. The van der Waals surface area contributed by atoms with Crippen molar-refractivity contribution >= 4 is 5.91 Å². The molecule has 3 rings (SSSR count). The smallest absolute Gasteiger partial charge is 0.224 e. The van der Waals surface area contributed by atoms with Crippen molar-refractivity contribution in [2.45, 2.75) is 57.0 Å². The van der Waals surface area contributed by atoms with Gasteiger partial charge in [0.1, 0.15) is 5.75 Å². The minimum atomic E-state index is 0.134. The quantitative estimate of drug-likeness (QED) is 0.908. The molecule has 1 saturated carbocycles. The van der Waals surface area contributed by atoms with Gasteiger partial charge < -0.3 is 15.0 Å². The number of likely N-dealkylation sites (tertiary alicyclic amines) is 1. The summed E-state index contributed by atoms with van der Waals surface area (Å²) in [6.07, 6.45) is 8.15. The van der Waals surface area contributed by atoms with Crippen LogP contribution in [0.5, 0.6) is 5.75 Å². The van der Waals surface area contributed by atoms with Crippen LogP contribution in [0.25, 0.3) is 0 Å². The summed E-state index contributed by atoms with van der Waals surface area (Å²) in [7, 11) is 1.65. The maximum Gasteiger partial charge on any atom is 0.224 e. The van der Waals surface area contributed by atoms with Gasteiger partial charge in [0.05, 0.1) is 13.5 Å². The lowest BCUT2D eigenvalue weighted by Crippen LogP contribution is -2.47. The predicted octanol–water partition coefficient (Wildman–Crippen LogP) is 2.76. The van der Waals surface area contributed by atoms with E-state index in [0.717, 1.165) is 43.3 Å². The molecular weight excluding hydrogens is 288 g/mol. The van der Waals surface area contributed by atoms with Gasteiger partial charge in [0.25, 0.3) is 0 Å². The first-order chi connectivity index (χ1) is 11.2. The molecule has 1 saturated heterocycles. The molecule has 0 atom stereocenters. The van der Waals surface area contributed by atoms with Gasteiger partial charge in [-0.2, -0.15) is 0 Å². The molecule has 4 nitrogen and oxygen atoms in total. The standard InChI is InChI=1S/C19H28N2O2/c1-23-18-8-6-15(7-9-18)14-19(22)20-16-10-12-21(13-11-16)17-4-2-3-5-17/h6-9,16-17H,2-5,10-14H2,1H3,(H,20,22). The van der Waals surface area contributed by atoms with Crippen LogP contribution in [0.3, 0.4) is 0 Å². The molecule has 0 aromatic heterocycles. The Balaban J connectivity index is 1.41. The molecule has 0 bridgehead atoms. The number of carbonyl (C=O) groups excluding carboxylic acids is 1. The normalized spacial score (nSPS) is 20.6. The molecule has 1 aliphatic heterocycles. The number of amides is 1. The minimum absolute atomic E-state index is 0.134. The summed E-state index contributed by atoms with van der Waals surface area (Å²) < 4.78 is 5.14. The number of piperidine rings is 1. The van der Waals surface area contributed by atoms with Gasteiger partial charge >= 0.3 is 0 Å². The molecule has 1 heterocycles. The highest BCUT2D eigenvalue weighted by molar-refractivity contribution is 5.78. The van der Waals surface area contributed by atoms with Crippen LogP contribution in [-0.4, -0.2) is 43.1 Å². The van der Waals surface area contributed by atoms with Crippen molar-refractivity contribution in [2.24, 2.45) is 0 Å². The molecule has 23 heavy (non-hydrogen) atoms. The number of rotatable bonds is 5. The van der Waals surface area contributed by atoms with Gasteiger partial charge in [-0.15, -0.1) is 0 Å². The molecule has 2 aliphatic rings. The largest absolute Gasteiger partial charge is 0.497 e. The molecule has 1 amide bonds. The summed E-state index contributed by atoms with van der Waals surface area (Å²) >= 11 is 0. The number of carbonyl (C=O) groups is 1. The second-order valence-electron chi connectivity index (χ2n) is 6.84. The Hall–Kier alpha value is -1.55. The Morgan fingerprint density at radius 1 is 1.13 bits per heavy atom. The van der Waals surface area contributed by atoms with E-state index < -0.39 is 0 Å². The molecule has 1 N–H and O–H groups in total. The maximum atomic E-state index is 12.2. The predicted molar refractivity (Wildman–Crippen MR) is 91.7 cm³/mol. The highest BCUT2D eigenvalue weighted by atomic mass is 16.5.